The molecule has 0 spiro atoms. The third kappa shape index (κ3) is 6.13. The normalized spacial score (nSPS) is 19.4. The van der Waals surface area contributed by atoms with Crippen LogP contribution in [0.5, 0.6) is 0 Å². The highest BCUT2D eigenvalue weighted by atomic mass is 32.1. The van der Waals surface area contributed by atoms with E-state index in [-0.39, 0.29) is 18.2 Å². The minimum absolute atomic E-state index is 0.0617. The molecular weight excluding hydrogens is 440 g/mol. The largest absolute Gasteiger partial charge is 0.444 e. The highest BCUT2D eigenvalue weighted by Gasteiger charge is 2.30. The van der Waals surface area contributed by atoms with Crippen molar-refractivity contribution in [2.24, 2.45) is 0 Å². The fourth-order valence-corrected chi connectivity index (χ4v) is 4.74. The summed E-state index contributed by atoms with van der Waals surface area (Å²) in [6.45, 7) is 9.38. The molecule has 9 nitrogen and oxygen atoms in total. The number of aromatic nitrogens is 2. The molecule has 1 aromatic heterocycles. The molecule has 3 amide bonds. The summed E-state index contributed by atoms with van der Waals surface area (Å²) in [7, 11) is 0. The summed E-state index contributed by atoms with van der Waals surface area (Å²) in [4.78, 5) is 35.6. The Balaban J connectivity index is 1.26. The van der Waals surface area contributed by atoms with Crippen LogP contribution >= 0.6 is 11.5 Å². The quantitative estimate of drug-likeness (QED) is 0.736. The summed E-state index contributed by atoms with van der Waals surface area (Å²) in [6.07, 6.45) is 1.39. The number of nitrogens with zero attached hydrogens (tertiary/aromatic N) is 5. The van der Waals surface area contributed by atoms with E-state index in [0.29, 0.717) is 39.3 Å². The molecule has 3 heterocycles. The van der Waals surface area contributed by atoms with Crippen LogP contribution in [0.1, 0.15) is 33.6 Å². The van der Waals surface area contributed by atoms with E-state index in [0.717, 1.165) is 29.4 Å². The van der Waals surface area contributed by atoms with E-state index in [1.165, 1.54) is 11.5 Å². The molecular formula is C23H32N6O3S. The lowest BCUT2D eigenvalue weighted by Gasteiger charge is -2.37. The third-order valence-corrected chi connectivity index (χ3v) is 6.46. The fraction of sp³-hybridized carbons (Fsp3) is 0.565. The van der Waals surface area contributed by atoms with Gasteiger partial charge in [-0.05, 0) is 33.6 Å². The highest BCUT2D eigenvalue weighted by molar-refractivity contribution is 7.09. The Morgan fingerprint density at radius 1 is 1.06 bits per heavy atom. The van der Waals surface area contributed by atoms with Crippen molar-refractivity contribution in [3.8, 4) is 11.4 Å². The zero-order valence-corrected chi connectivity index (χ0v) is 20.3. The molecule has 0 radical (unpaired) electrons. The minimum atomic E-state index is -0.526. The molecule has 2 aromatic rings. The minimum Gasteiger partial charge on any atom is -0.444 e. The number of piperidine rings is 1. The number of carbonyl (C=O) groups excluding carboxylic acids is 2. The number of benzene rings is 1. The molecule has 1 aromatic carbocycles. The highest BCUT2D eigenvalue weighted by Crippen LogP contribution is 2.24. The van der Waals surface area contributed by atoms with Crippen LogP contribution in [-0.2, 0) is 4.74 Å². The molecule has 2 aliphatic rings. The Kier molecular flexibility index (Phi) is 7.02. The van der Waals surface area contributed by atoms with Gasteiger partial charge in [-0.3, -0.25) is 0 Å². The molecule has 178 valence electrons. The summed E-state index contributed by atoms with van der Waals surface area (Å²) < 4.78 is 9.97. The number of piperazine rings is 1. The standard InChI is InChI=1S/C23H32N6O3S/c1-23(2,3)32-22(31)29-11-7-10-18(16-29)24-20(30)27-12-14-28(15-13-27)21-25-19(26-33-21)17-8-5-4-6-9-17/h4-6,8-9,18H,7,10-16H2,1-3H3,(H,24,30). The Hall–Kier alpha value is -2.88. The maximum atomic E-state index is 12.8. The Morgan fingerprint density at radius 3 is 2.48 bits per heavy atom. The lowest BCUT2D eigenvalue weighted by Crippen LogP contribution is -2.56. The third-order valence-electron chi connectivity index (χ3n) is 5.69. The van der Waals surface area contributed by atoms with Crippen LogP contribution in [0.15, 0.2) is 30.3 Å². The number of urea groups is 1. The second-order valence-corrected chi connectivity index (χ2v) is 10.2. The predicted molar refractivity (Wildman–Crippen MR) is 128 cm³/mol. The average Bonchev–Trinajstić information content (AvgIpc) is 3.29. The number of likely N-dealkylation sites (tertiary alicyclic amines) is 1. The number of anilines is 1. The van der Waals surface area contributed by atoms with Crippen LogP contribution in [0.3, 0.4) is 0 Å². The van der Waals surface area contributed by atoms with Crippen molar-refractivity contribution < 1.29 is 14.3 Å². The van der Waals surface area contributed by atoms with Crippen LogP contribution in [0.4, 0.5) is 14.7 Å². The number of carbonyl (C=O) groups is 2. The van der Waals surface area contributed by atoms with Crippen molar-refractivity contribution in [1.82, 2.24) is 24.5 Å². The number of rotatable bonds is 3. The van der Waals surface area contributed by atoms with Crippen molar-refractivity contribution in [2.75, 3.05) is 44.2 Å². The number of hydrogen-bond donors (Lipinski definition) is 1. The van der Waals surface area contributed by atoms with Gasteiger partial charge in [0, 0.05) is 62.4 Å². The van der Waals surface area contributed by atoms with Crippen LogP contribution < -0.4 is 10.2 Å². The molecule has 1 atom stereocenters. The van der Waals surface area contributed by atoms with Gasteiger partial charge in [0.1, 0.15) is 5.60 Å². The maximum absolute atomic E-state index is 12.8. The molecule has 4 rings (SSSR count). The zero-order chi connectivity index (χ0) is 23.4. The molecule has 2 aliphatic heterocycles. The topological polar surface area (TPSA) is 90.9 Å². The van der Waals surface area contributed by atoms with Crippen molar-refractivity contribution in [2.45, 2.75) is 45.3 Å². The van der Waals surface area contributed by atoms with E-state index in [2.05, 4.69) is 19.6 Å². The Morgan fingerprint density at radius 2 is 1.79 bits per heavy atom. The number of amides is 3. The summed E-state index contributed by atoms with van der Waals surface area (Å²) in [6, 6.07) is 9.80. The first-order chi connectivity index (χ1) is 15.8. The van der Waals surface area contributed by atoms with Crippen LogP contribution in [0.25, 0.3) is 11.4 Å². The summed E-state index contributed by atoms with van der Waals surface area (Å²) >= 11 is 1.39. The maximum Gasteiger partial charge on any atom is 0.410 e. The van der Waals surface area contributed by atoms with Gasteiger partial charge in [-0.25, -0.2) is 9.59 Å². The van der Waals surface area contributed by atoms with Gasteiger partial charge in [0.25, 0.3) is 0 Å². The lowest BCUT2D eigenvalue weighted by atomic mass is 10.1. The Bertz CT molecular complexity index is 953. The summed E-state index contributed by atoms with van der Waals surface area (Å²) in [5.41, 5.74) is 0.479. The SMILES string of the molecule is CC(C)(C)OC(=O)N1CCCC(NC(=O)N2CCN(c3nc(-c4ccccc4)ns3)CC2)C1. The number of nitrogens with one attached hydrogen (secondary N) is 1. The molecule has 1 unspecified atom stereocenters. The molecule has 0 bridgehead atoms. The molecule has 1 N–H and O–H groups in total. The smallest absolute Gasteiger partial charge is 0.410 e. The van der Waals surface area contributed by atoms with Gasteiger partial charge < -0.3 is 24.8 Å². The van der Waals surface area contributed by atoms with Crippen LogP contribution in [0.2, 0.25) is 0 Å². The first-order valence-corrected chi connectivity index (χ1v) is 12.2. The summed E-state index contributed by atoms with van der Waals surface area (Å²) in [5, 5.41) is 3.99. The van der Waals surface area contributed by atoms with Gasteiger partial charge >= 0.3 is 12.1 Å². The zero-order valence-electron chi connectivity index (χ0n) is 19.5. The van der Waals surface area contributed by atoms with E-state index < -0.39 is 5.60 Å². The van der Waals surface area contributed by atoms with Gasteiger partial charge in [0.15, 0.2) is 5.82 Å². The van der Waals surface area contributed by atoms with Gasteiger partial charge in [0.05, 0.1) is 0 Å². The molecule has 2 saturated heterocycles. The van der Waals surface area contributed by atoms with E-state index in [1.807, 2.05) is 56.0 Å². The van der Waals surface area contributed by atoms with Crippen molar-refractivity contribution in [1.29, 1.82) is 0 Å². The van der Waals surface area contributed by atoms with Crippen LogP contribution in [-0.4, -0.2) is 82.2 Å². The van der Waals surface area contributed by atoms with Gasteiger partial charge in [-0.15, -0.1) is 0 Å². The first-order valence-electron chi connectivity index (χ1n) is 11.5. The fourth-order valence-electron chi connectivity index (χ4n) is 4.00. The van der Waals surface area contributed by atoms with Crippen LogP contribution in [0, 0.1) is 0 Å². The lowest BCUT2D eigenvalue weighted by molar-refractivity contribution is 0.0188. The molecule has 0 saturated carbocycles. The predicted octanol–water partition coefficient (Wildman–Crippen LogP) is 3.44. The monoisotopic (exact) mass is 472 g/mol. The first kappa shape index (κ1) is 23.3. The van der Waals surface area contributed by atoms with E-state index >= 15 is 0 Å². The van der Waals surface area contributed by atoms with Crippen molar-refractivity contribution in [3.05, 3.63) is 30.3 Å². The van der Waals surface area contributed by atoms with Crippen molar-refractivity contribution >= 4 is 28.8 Å². The second-order valence-electron chi connectivity index (χ2n) is 9.46. The number of ether oxygens (including phenoxy) is 1. The van der Waals surface area contributed by atoms with E-state index in [4.69, 9.17) is 4.74 Å². The average molecular weight is 473 g/mol. The van der Waals surface area contributed by atoms with Gasteiger partial charge in [-0.2, -0.15) is 9.36 Å². The van der Waals surface area contributed by atoms with E-state index in [1.54, 1.807) is 4.90 Å². The van der Waals surface area contributed by atoms with Gasteiger partial charge in [0.2, 0.25) is 5.13 Å². The Labute approximate surface area is 198 Å². The molecule has 0 aliphatic carbocycles. The molecule has 10 heteroatoms. The summed E-state index contributed by atoms with van der Waals surface area (Å²) in [5.74, 6) is 0.739. The molecule has 33 heavy (non-hydrogen) atoms. The number of hydrogen-bond acceptors (Lipinski definition) is 7. The van der Waals surface area contributed by atoms with Gasteiger partial charge in [-0.1, -0.05) is 30.3 Å². The second kappa shape index (κ2) is 9.94. The molecule has 2 fully saturated rings. The van der Waals surface area contributed by atoms with Crippen molar-refractivity contribution in [3.63, 3.8) is 0 Å². The van der Waals surface area contributed by atoms with E-state index in [9.17, 15) is 9.59 Å².